The number of ether oxygens (including phenoxy) is 2. The normalized spacial score (nSPS) is 14.9. The highest BCUT2D eigenvalue weighted by Gasteiger charge is 2.17. The fourth-order valence-electron chi connectivity index (χ4n) is 2.39. The summed E-state index contributed by atoms with van der Waals surface area (Å²) < 4.78 is 10.8. The number of morpholine rings is 1. The molecule has 0 unspecified atom stereocenters. The number of amides is 1. The Hall–Kier alpha value is -2.10. The molecule has 0 radical (unpaired) electrons. The van der Waals surface area contributed by atoms with Crippen LogP contribution in [0.1, 0.15) is 6.42 Å². The molecule has 6 nitrogen and oxygen atoms in total. The zero-order valence-electron chi connectivity index (χ0n) is 13.3. The van der Waals surface area contributed by atoms with Crippen LogP contribution in [-0.4, -0.2) is 68.3 Å². The average molecular weight is 317 g/mol. The Morgan fingerprint density at radius 1 is 1.26 bits per heavy atom. The highest BCUT2D eigenvalue weighted by Crippen LogP contribution is 2.08. The van der Waals surface area contributed by atoms with Gasteiger partial charge in [0.05, 0.1) is 25.7 Å². The fraction of sp³-hybridized carbons (Fsp3) is 0.529. The van der Waals surface area contributed by atoms with Gasteiger partial charge in [-0.1, -0.05) is 18.2 Å². The fourth-order valence-corrected chi connectivity index (χ4v) is 2.39. The Morgan fingerprint density at radius 3 is 2.70 bits per heavy atom. The molecule has 0 atom stereocenters. The van der Waals surface area contributed by atoms with Gasteiger partial charge in [0.2, 0.25) is 0 Å². The molecule has 1 heterocycles. The van der Waals surface area contributed by atoms with Crippen molar-refractivity contribution in [2.24, 2.45) is 0 Å². The highest BCUT2D eigenvalue weighted by molar-refractivity contribution is 5.77. The van der Waals surface area contributed by atoms with Crippen molar-refractivity contribution < 1.29 is 14.3 Å². The number of carbonyl (C=O) groups excluding carboxylic acids is 1. The molecule has 1 aromatic carbocycles. The Bertz CT molecular complexity index is 510. The number of para-hydroxylation sites is 1. The van der Waals surface area contributed by atoms with Crippen LogP contribution in [0.5, 0.6) is 5.75 Å². The number of nitriles is 1. The minimum absolute atomic E-state index is 0.00144. The third kappa shape index (κ3) is 6.27. The lowest BCUT2D eigenvalue weighted by Gasteiger charge is -2.29. The van der Waals surface area contributed by atoms with E-state index in [-0.39, 0.29) is 12.5 Å². The molecule has 1 amide bonds. The van der Waals surface area contributed by atoms with Crippen molar-refractivity contribution in [3.05, 3.63) is 30.3 Å². The molecule has 1 aromatic rings. The highest BCUT2D eigenvalue weighted by atomic mass is 16.5. The summed E-state index contributed by atoms with van der Waals surface area (Å²) in [5, 5.41) is 8.78. The Kier molecular flexibility index (Phi) is 7.37. The maximum Gasteiger partial charge on any atom is 0.260 e. The standard InChI is InChI=1S/C17H23N3O3/c18-7-4-8-20(10-9-19-11-13-22-14-12-19)17(21)15-23-16-5-2-1-3-6-16/h1-3,5-6H,4,8-15H2. The van der Waals surface area contributed by atoms with Gasteiger partial charge in [0.15, 0.2) is 6.61 Å². The van der Waals surface area contributed by atoms with Crippen molar-refractivity contribution in [2.45, 2.75) is 6.42 Å². The minimum Gasteiger partial charge on any atom is -0.484 e. The van der Waals surface area contributed by atoms with E-state index in [4.69, 9.17) is 14.7 Å². The van der Waals surface area contributed by atoms with Gasteiger partial charge >= 0.3 is 0 Å². The van der Waals surface area contributed by atoms with Crippen molar-refractivity contribution in [1.29, 1.82) is 5.26 Å². The van der Waals surface area contributed by atoms with Crippen LogP contribution in [0.2, 0.25) is 0 Å². The van der Waals surface area contributed by atoms with Crippen molar-refractivity contribution in [1.82, 2.24) is 9.80 Å². The van der Waals surface area contributed by atoms with Crippen molar-refractivity contribution in [2.75, 3.05) is 52.5 Å². The van der Waals surface area contributed by atoms with Gasteiger partial charge in [-0.05, 0) is 12.1 Å². The molecule has 0 aliphatic carbocycles. The molecular formula is C17H23N3O3. The minimum atomic E-state index is -0.0858. The molecule has 6 heteroatoms. The second-order valence-electron chi connectivity index (χ2n) is 5.34. The van der Waals surface area contributed by atoms with Gasteiger partial charge in [-0.2, -0.15) is 5.26 Å². The molecule has 1 saturated heterocycles. The van der Waals surface area contributed by atoms with Gasteiger partial charge in [-0.3, -0.25) is 9.69 Å². The predicted octanol–water partition coefficient (Wildman–Crippen LogP) is 1.14. The molecule has 1 aliphatic rings. The van der Waals surface area contributed by atoms with Crippen LogP contribution in [0.4, 0.5) is 0 Å². The van der Waals surface area contributed by atoms with E-state index in [0.717, 1.165) is 32.8 Å². The summed E-state index contributed by atoms with van der Waals surface area (Å²) in [5.74, 6) is 0.589. The van der Waals surface area contributed by atoms with E-state index < -0.39 is 0 Å². The number of carbonyl (C=O) groups is 1. The first kappa shape index (κ1) is 17.3. The summed E-state index contributed by atoms with van der Waals surface area (Å²) in [6, 6.07) is 11.4. The van der Waals surface area contributed by atoms with Crippen LogP contribution in [-0.2, 0) is 9.53 Å². The largest absolute Gasteiger partial charge is 0.484 e. The SMILES string of the molecule is N#CCCN(CCN1CCOCC1)C(=O)COc1ccccc1. The van der Waals surface area contributed by atoms with Crippen LogP contribution in [0.3, 0.4) is 0 Å². The second-order valence-corrected chi connectivity index (χ2v) is 5.34. The summed E-state index contributed by atoms with van der Waals surface area (Å²) in [6.45, 7) is 5.11. The Balaban J connectivity index is 1.80. The van der Waals surface area contributed by atoms with Gasteiger partial charge in [0.1, 0.15) is 5.75 Å². The number of benzene rings is 1. The third-order valence-corrected chi connectivity index (χ3v) is 3.74. The number of hydrogen-bond donors (Lipinski definition) is 0. The Labute approximate surface area is 137 Å². The van der Waals surface area contributed by atoms with E-state index in [1.54, 1.807) is 4.90 Å². The van der Waals surface area contributed by atoms with Crippen LogP contribution in [0.15, 0.2) is 30.3 Å². The monoisotopic (exact) mass is 317 g/mol. The zero-order valence-corrected chi connectivity index (χ0v) is 13.3. The van der Waals surface area contributed by atoms with Crippen LogP contribution < -0.4 is 4.74 Å². The van der Waals surface area contributed by atoms with E-state index >= 15 is 0 Å². The van der Waals surface area contributed by atoms with Crippen LogP contribution in [0, 0.1) is 11.3 Å². The summed E-state index contributed by atoms with van der Waals surface area (Å²) >= 11 is 0. The second kappa shape index (κ2) is 9.82. The number of rotatable bonds is 8. The lowest BCUT2D eigenvalue weighted by atomic mass is 10.3. The summed E-state index contributed by atoms with van der Waals surface area (Å²) in [5.41, 5.74) is 0. The van der Waals surface area contributed by atoms with E-state index in [0.29, 0.717) is 25.3 Å². The molecule has 1 fully saturated rings. The first-order valence-corrected chi connectivity index (χ1v) is 7.92. The van der Waals surface area contributed by atoms with Crippen molar-refractivity contribution >= 4 is 5.91 Å². The van der Waals surface area contributed by atoms with Crippen LogP contribution in [0.25, 0.3) is 0 Å². The van der Waals surface area contributed by atoms with Crippen LogP contribution >= 0.6 is 0 Å². The molecule has 124 valence electrons. The number of nitrogens with zero attached hydrogens (tertiary/aromatic N) is 3. The maximum absolute atomic E-state index is 12.3. The average Bonchev–Trinajstić information content (AvgIpc) is 2.61. The summed E-state index contributed by atoms with van der Waals surface area (Å²) in [6.07, 6.45) is 0.334. The molecule has 0 bridgehead atoms. The van der Waals surface area contributed by atoms with Crippen molar-refractivity contribution in [3.8, 4) is 11.8 Å². The third-order valence-electron chi connectivity index (χ3n) is 3.74. The lowest BCUT2D eigenvalue weighted by Crippen LogP contribution is -2.44. The van der Waals surface area contributed by atoms with Gasteiger partial charge in [0.25, 0.3) is 5.91 Å². The van der Waals surface area contributed by atoms with E-state index in [1.165, 1.54) is 0 Å². The number of hydrogen-bond acceptors (Lipinski definition) is 5. The first-order chi connectivity index (χ1) is 11.3. The lowest BCUT2D eigenvalue weighted by molar-refractivity contribution is -0.133. The molecule has 0 aromatic heterocycles. The molecular weight excluding hydrogens is 294 g/mol. The molecule has 0 N–H and O–H groups in total. The molecule has 0 saturated carbocycles. The van der Waals surface area contributed by atoms with Gasteiger partial charge < -0.3 is 14.4 Å². The maximum atomic E-state index is 12.3. The van der Waals surface area contributed by atoms with E-state index in [1.807, 2.05) is 30.3 Å². The summed E-state index contributed by atoms with van der Waals surface area (Å²) in [7, 11) is 0. The Morgan fingerprint density at radius 2 is 2.00 bits per heavy atom. The van der Waals surface area contributed by atoms with E-state index in [9.17, 15) is 4.79 Å². The van der Waals surface area contributed by atoms with Gasteiger partial charge in [-0.15, -0.1) is 0 Å². The van der Waals surface area contributed by atoms with Gasteiger partial charge in [0, 0.05) is 32.7 Å². The molecule has 23 heavy (non-hydrogen) atoms. The quantitative estimate of drug-likeness (QED) is 0.719. The zero-order chi connectivity index (χ0) is 16.3. The van der Waals surface area contributed by atoms with Crippen molar-refractivity contribution in [3.63, 3.8) is 0 Å². The predicted molar refractivity (Wildman–Crippen MR) is 86.0 cm³/mol. The van der Waals surface area contributed by atoms with Gasteiger partial charge in [-0.25, -0.2) is 0 Å². The molecule has 0 spiro atoms. The summed E-state index contributed by atoms with van der Waals surface area (Å²) in [4.78, 5) is 16.3. The first-order valence-electron chi connectivity index (χ1n) is 7.92. The van der Waals surface area contributed by atoms with E-state index in [2.05, 4.69) is 11.0 Å². The molecule has 2 rings (SSSR count). The molecule has 1 aliphatic heterocycles. The smallest absolute Gasteiger partial charge is 0.260 e. The topological polar surface area (TPSA) is 65.8 Å².